The zero-order valence-electron chi connectivity index (χ0n) is 36.4. The summed E-state index contributed by atoms with van der Waals surface area (Å²) < 4.78 is 25.2. The number of para-hydroxylation sites is 1. The van der Waals surface area contributed by atoms with E-state index in [2.05, 4.69) is 36.1 Å². The van der Waals surface area contributed by atoms with Crippen LogP contribution in [0.4, 0.5) is 26.4 Å². The molecular weight excluding hydrogens is 816 g/mol. The monoisotopic (exact) mass is 870 g/mol. The number of nitrogen functional groups attached to an aromatic ring is 1. The molecule has 1 atom stereocenters. The number of anilines is 3. The van der Waals surface area contributed by atoms with Gasteiger partial charge in [-0.05, 0) is 98.0 Å². The third-order valence-corrected chi connectivity index (χ3v) is 14.1. The summed E-state index contributed by atoms with van der Waals surface area (Å²) in [6.45, 7) is 8.49. The van der Waals surface area contributed by atoms with E-state index in [9.17, 15) is 19.5 Å². The van der Waals surface area contributed by atoms with E-state index in [0.717, 1.165) is 72.2 Å². The van der Waals surface area contributed by atoms with E-state index in [1.165, 1.54) is 5.56 Å². The van der Waals surface area contributed by atoms with Crippen LogP contribution in [0.2, 0.25) is 0 Å². The van der Waals surface area contributed by atoms with Gasteiger partial charge in [-0.3, -0.25) is 19.8 Å². The number of aromatic nitrogens is 4. The molecule has 15 nitrogen and oxygen atoms in total. The van der Waals surface area contributed by atoms with E-state index in [1.807, 2.05) is 44.2 Å². The lowest BCUT2D eigenvalue weighted by atomic mass is 9.90. The van der Waals surface area contributed by atoms with Crippen LogP contribution in [0, 0.1) is 13.8 Å². The van der Waals surface area contributed by atoms with Gasteiger partial charge in [-0.1, -0.05) is 18.2 Å². The zero-order chi connectivity index (χ0) is 44.3. The third kappa shape index (κ3) is 8.13. The van der Waals surface area contributed by atoms with E-state index in [0.29, 0.717) is 93.0 Å². The quantitative estimate of drug-likeness (QED) is 0.146. The first kappa shape index (κ1) is 41.9. The number of amides is 4. The second kappa shape index (κ2) is 16.8. The van der Waals surface area contributed by atoms with Gasteiger partial charge in [0.1, 0.15) is 23.2 Å². The normalized spacial score (nSPS) is 21.1. The van der Waals surface area contributed by atoms with E-state index >= 15 is 4.39 Å². The lowest BCUT2D eigenvalue weighted by Gasteiger charge is -2.41. The number of alkyl halides is 1. The molecule has 334 valence electrons. The fourth-order valence-electron chi connectivity index (χ4n) is 10.2. The number of hydrogen-bond donors (Lipinski definition) is 3. The molecule has 5 aliphatic rings. The van der Waals surface area contributed by atoms with Crippen LogP contribution in [0.1, 0.15) is 95.6 Å². The van der Waals surface area contributed by atoms with Gasteiger partial charge in [0, 0.05) is 100 Å². The topological polar surface area (TPSA) is 175 Å². The lowest BCUT2D eigenvalue weighted by Crippen LogP contribution is -2.51. The molecule has 10 rings (SSSR count). The predicted molar refractivity (Wildman–Crippen MR) is 241 cm³/mol. The Morgan fingerprint density at radius 1 is 0.953 bits per heavy atom. The van der Waals surface area contributed by atoms with Crippen molar-refractivity contribution in [2.75, 3.05) is 74.5 Å². The highest BCUT2D eigenvalue weighted by molar-refractivity contribution is 6.06. The molecular formula is C48H55FN10O5. The maximum absolute atomic E-state index is 16.6. The summed E-state index contributed by atoms with van der Waals surface area (Å²) in [5, 5.41) is 22.3. The summed E-state index contributed by atoms with van der Waals surface area (Å²) in [7, 11) is 0. The number of imide groups is 1. The van der Waals surface area contributed by atoms with Crippen molar-refractivity contribution in [2.45, 2.75) is 82.5 Å². The van der Waals surface area contributed by atoms with Gasteiger partial charge in [0.2, 0.25) is 5.91 Å². The number of urea groups is 1. The van der Waals surface area contributed by atoms with Crippen molar-refractivity contribution >= 4 is 46.1 Å². The standard InChI is InChI=1S/C48H55FN10O5/c1-29-22-36(30(2)21-35(29)42-27-57(19-20-64-42)40-24-39(53-54-44(40)50)34-5-3-4-6-41(34)60)46(62)56-17-12-48(49,13-18-56)28-55-14-9-32(10-15-55)59-26-38(31-7-8-31)37-23-33(25-51-45(37)59)58-16-11-43(61)52-47(58)63/h3-6,21-26,31-32,42,60H,7-20,27-28H2,1-2H3,(H2,50,54)(H,52,61,63)/t42-/m1/s1. The van der Waals surface area contributed by atoms with E-state index < -0.39 is 11.7 Å². The summed E-state index contributed by atoms with van der Waals surface area (Å²) in [5.74, 6) is 0.561. The van der Waals surface area contributed by atoms with Crippen molar-refractivity contribution in [2.24, 2.45) is 0 Å². The van der Waals surface area contributed by atoms with Gasteiger partial charge in [-0.15, -0.1) is 10.2 Å². The summed E-state index contributed by atoms with van der Waals surface area (Å²) in [6, 6.07) is 14.7. The number of nitrogens with zero attached hydrogens (tertiary/aromatic N) is 8. The second-order valence-corrected chi connectivity index (χ2v) is 18.4. The summed E-state index contributed by atoms with van der Waals surface area (Å²) in [4.78, 5) is 51.0. The van der Waals surface area contributed by atoms with Gasteiger partial charge in [0.25, 0.3) is 5.91 Å². The molecule has 4 saturated heterocycles. The first-order valence-corrected chi connectivity index (χ1v) is 22.6. The molecule has 1 aliphatic carbocycles. The number of morpholine rings is 1. The van der Waals surface area contributed by atoms with Gasteiger partial charge < -0.3 is 34.8 Å². The summed E-state index contributed by atoms with van der Waals surface area (Å²) in [6.07, 6.45) is 8.59. The smallest absolute Gasteiger partial charge is 0.328 e. The number of aromatic hydroxyl groups is 1. The van der Waals surface area contributed by atoms with Crippen molar-refractivity contribution in [1.82, 2.24) is 34.9 Å². The second-order valence-electron chi connectivity index (χ2n) is 18.4. The molecule has 0 unspecified atom stereocenters. The van der Waals surface area contributed by atoms with E-state index in [1.54, 1.807) is 34.2 Å². The number of phenolic OH excluding ortho intramolecular Hbond substituents is 1. The first-order chi connectivity index (χ1) is 30.9. The van der Waals surface area contributed by atoms with Crippen molar-refractivity contribution in [1.29, 1.82) is 0 Å². The number of likely N-dealkylation sites (tertiary alicyclic amines) is 2. The number of hydrogen-bond acceptors (Lipinski definition) is 11. The molecule has 5 fully saturated rings. The van der Waals surface area contributed by atoms with Gasteiger partial charge in [-0.25, -0.2) is 14.2 Å². The number of benzene rings is 2. The number of fused-ring (bicyclic) bond motifs is 1. The number of nitrogens with two attached hydrogens (primary N) is 1. The molecule has 0 spiro atoms. The number of pyridine rings is 1. The van der Waals surface area contributed by atoms with Crippen LogP contribution in [0.25, 0.3) is 22.3 Å². The number of nitrogens with one attached hydrogen (secondary N) is 1. The Labute approximate surface area is 371 Å². The summed E-state index contributed by atoms with van der Waals surface area (Å²) >= 11 is 0. The first-order valence-electron chi connectivity index (χ1n) is 22.6. The molecule has 4 amide bonds. The molecule has 0 bridgehead atoms. The maximum atomic E-state index is 16.6. The Kier molecular flexibility index (Phi) is 11.0. The highest BCUT2D eigenvalue weighted by Crippen LogP contribution is 2.46. The predicted octanol–water partition coefficient (Wildman–Crippen LogP) is 6.58. The van der Waals surface area contributed by atoms with E-state index in [-0.39, 0.29) is 36.1 Å². The molecule has 0 radical (unpaired) electrons. The number of aryl methyl sites for hydroxylation is 2. The van der Waals surface area contributed by atoms with Crippen LogP contribution in [-0.4, -0.2) is 117 Å². The van der Waals surface area contributed by atoms with Crippen LogP contribution in [-0.2, 0) is 9.53 Å². The molecule has 1 saturated carbocycles. The van der Waals surface area contributed by atoms with Gasteiger partial charge in [0.05, 0.1) is 29.9 Å². The van der Waals surface area contributed by atoms with Crippen LogP contribution < -0.4 is 20.9 Å². The Hall–Kier alpha value is -6.13. The molecule has 16 heteroatoms. The zero-order valence-corrected chi connectivity index (χ0v) is 36.4. The highest BCUT2D eigenvalue weighted by Gasteiger charge is 2.40. The SMILES string of the molecule is Cc1cc([C@H]2CN(c3cc(-c4ccccc4O)nnc3N)CCO2)c(C)cc1C(=O)N1CCC(F)(CN2CCC(n3cc(C4CC4)c4cc(N5CCC(=O)NC5=O)cnc43)CC2)CC1. The molecule has 5 aromatic rings. The van der Waals surface area contributed by atoms with Crippen molar-refractivity contribution < 1.29 is 28.6 Å². The van der Waals surface area contributed by atoms with Gasteiger partial charge in [-0.2, -0.15) is 0 Å². The molecule has 64 heavy (non-hydrogen) atoms. The number of ether oxygens (including phenoxy) is 1. The van der Waals surface area contributed by atoms with Gasteiger partial charge in [0.15, 0.2) is 5.82 Å². The van der Waals surface area contributed by atoms with Gasteiger partial charge >= 0.3 is 6.03 Å². The maximum Gasteiger partial charge on any atom is 0.328 e. The number of piperidine rings is 2. The fraction of sp³-hybridized carbons (Fsp3) is 0.458. The average molecular weight is 871 g/mol. The van der Waals surface area contributed by atoms with Crippen molar-refractivity contribution in [3.63, 3.8) is 0 Å². The van der Waals surface area contributed by atoms with Crippen LogP contribution >= 0.6 is 0 Å². The van der Waals surface area contributed by atoms with Crippen molar-refractivity contribution in [3.05, 3.63) is 88.7 Å². The average Bonchev–Trinajstić information content (AvgIpc) is 4.07. The third-order valence-electron chi connectivity index (χ3n) is 14.1. The number of rotatable bonds is 9. The number of halogens is 1. The lowest BCUT2D eigenvalue weighted by molar-refractivity contribution is -0.120. The Morgan fingerprint density at radius 2 is 1.73 bits per heavy atom. The number of carbonyl (C=O) groups excluding carboxylic acids is 3. The van der Waals surface area contributed by atoms with Crippen LogP contribution in [0.15, 0.2) is 60.9 Å². The molecule has 2 aromatic carbocycles. The largest absolute Gasteiger partial charge is 0.507 e. The minimum absolute atomic E-state index is 0.0759. The minimum atomic E-state index is -1.37. The Morgan fingerprint density at radius 3 is 2.48 bits per heavy atom. The van der Waals surface area contributed by atoms with Crippen molar-refractivity contribution in [3.8, 4) is 17.0 Å². The van der Waals surface area contributed by atoms with E-state index in [4.69, 9.17) is 15.5 Å². The van der Waals surface area contributed by atoms with Crippen LogP contribution in [0.3, 0.4) is 0 Å². The number of phenols is 1. The number of carbonyl (C=O) groups is 3. The minimum Gasteiger partial charge on any atom is -0.507 e. The van der Waals surface area contributed by atoms with Crippen LogP contribution in [0.5, 0.6) is 5.75 Å². The molecule has 4 N–H and O–H groups in total. The molecule has 4 aliphatic heterocycles. The fourth-order valence-corrected chi connectivity index (χ4v) is 10.2. The Balaban J connectivity index is 0.750. The Bertz CT molecular complexity index is 2630. The highest BCUT2D eigenvalue weighted by atomic mass is 19.1. The molecule has 7 heterocycles. The summed E-state index contributed by atoms with van der Waals surface area (Å²) in [5.41, 5.74) is 13.1. The molecule has 3 aromatic heterocycles.